The number of carbonyl (C=O) groups excluding carboxylic acids is 2. The molecular formula is C16H16N2O3. The van der Waals surface area contributed by atoms with Crippen LogP contribution in [0.3, 0.4) is 0 Å². The molecule has 0 radical (unpaired) electrons. The van der Waals surface area contributed by atoms with Crippen LogP contribution in [-0.2, 0) is 16.6 Å². The molecule has 2 unspecified atom stereocenters. The summed E-state index contributed by atoms with van der Waals surface area (Å²) in [5, 5.41) is 4.12. The predicted octanol–water partition coefficient (Wildman–Crippen LogP) is 2.09. The zero-order valence-electron chi connectivity index (χ0n) is 11.7. The predicted molar refractivity (Wildman–Crippen MR) is 75.8 cm³/mol. The van der Waals surface area contributed by atoms with Crippen molar-refractivity contribution in [2.75, 3.05) is 0 Å². The van der Waals surface area contributed by atoms with Gasteiger partial charge in [0.2, 0.25) is 0 Å². The van der Waals surface area contributed by atoms with Crippen molar-refractivity contribution in [2.45, 2.75) is 24.9 Å². The van der Waals surface area contributed by atoms with Crippen molar-refractivity contribution < 1.29 is 14.3 Å². The smallest absolute Gasteiger partial charge is 0.338 e. The molecule has 1 aromatic heterocycles. The lowest BCUT2D eigenvalue weighted by molar-refractivity contribution is -0.117. The Balaban J connectivity index is 1.79. The molecule has 0 amide bonds. The Hall–Kier alpha value is -2.43. The molecule has 0 N–H and O–H groups in total. The summed E-state index contributed by atoms with van der Waals surface area (Å²) in [6.45, 7) is 0. The number of esters is 1. The van der Waals surface area contributed by atoms with Gasteiger partial charge in [-0.3, -0.25) is 9.48 Å². The maximum absolute atomic E-state index is 12.2. The van der Waals surface area contributed by atoms with E-state index in [9.17, 15) is 9.59 Å². The molecule has 5 nitrogen and oxygen atoms in total. The van der Waals surface area contributed by atoms with Crippen molar-refractivity contribution in [3.8, 4) is 0 Å². The topological polar surface area (TPSA) is 61.2 Å². The molecule has 108 valence electrons. The van der Waals surface area contributed by atoms with Crippen molar-refractivity contribution in [1.82, 2.24) is 9.78 Å². The third-order valence-corrected chi connectivity index (χ3v) is 3.83. The van der Waals surface area contributed by atoms with Crippen LogP contribution in [0.1, 0.15) is 34.8 Å². The molecule has 21 heavy (non-hydrogen) atoms. The molecule has 0 spiro atoms. The Morgan fingerprint density at radius 2 is 2.00 bits per heavy atom. The van der Waals surface area contributed by atoms with E-state index in [0.29, 0.717) is 12.0 Å². The van der Waals surface area contributed by atoms with E-state index < -0.39 is 6.10 Å². The lowest BCUT2D eigenvalue weighted by atomic mass is 10.0. The van der Waals surface area contributed by atoms with E-state index in [0.717, 1.165) is 5.69 Å². The second-order valence-electron chi connectivity index (χ2n) is 5.24. The van der Waals surface area contributed by atoms with Gasteiger partial charge in [0.25, 0.3) is 0 Å². The zero-order chi connectivity index (χ0) is 14.8. The summed E-state index contributed by atoms with van der Waals surface area (Å²) >= 11 is 0. The molecule has 1 saturated carbocycles. The monoisotopic (exact) mass is 284 g/mol. The first-order valence-corrected chi connectivity index (χ1v) is 6.91. The number of hydrogen-bond acceptors (Lipinski definition) is 4. The Kier molecular flexibility index (Phi) is 3.56. The number of aromatic nitrogens is 2. The maximum atomic E-state index is 12.2. The molecular weight excluding hydrogens is 268 g/mol. The number of benzene rings is 1. The van der Waals surface area contributed by atoms with Crippen molar-refractivity contribution in [1.29, 1.82) is 0 Å². The Morgan fingerprint density at radius 1 is 1.24 bits per heavy atom. The van der Waals surface area contributed by atoms with Crippen molar-refractivity contribution >= 4 is 11.8 Å². The fourth-order valence-corrected chi connectivity index (χ4v) is 2.77. The third kappa shape index (κ3) is 2.72. The summed E-state index contributed by atoms with van der Waals surface area (Å²) < 4.78 is 7.29. The summed E-state index contributed by atoms with van der Waals surface area (Å²) in [6.07, 6.45) is 1.94. The Bertz CT molecular complexity index is 663. The van der Waals surface area contributed by atoms with Gasteiger partial charge in [0, 0.05) is 37.7 Å². The van der Waals surface area contributed by atoms with Crippen LogP contribution < -0.4 is 0 Å². The average Bonchev–Trinajstić information content (AvgIpc) is 3.05. The van der Waals surface area contributed by atoms with Gasteiger partial charge in [-0.1, -0.05) is 18.2 Å². The highest BCUT2D eigenvalue weighted by molar-refractivity contribution is 5.90. The third-order valence-electron chi connectivity index (χ3n) is 3.83. The highest BCUT2D eigenvalue weighted by Gasteiger charge is 2.38. The molecule has 0 saturated heterocycles. The van der Waals surface area contributed by atoms with Crippen LogP contribution in [0.25, 0.3) is 0 Å². The van der Waals surface area contributed by atoms with Crippen LogP contribution in [0.2, 0.25) is 0 Å². The van der Waals surface area contributed by atoms with Crippen molar-refractivity contribution in [3.05, 3.63) is 53.9 Å². The molecule has 1 aliphatic rings. The number of carbonyl (C=O) groups is 2. The maximum Gasteiger partial charge on any atom is 0.338 e. The van der Waals surface area contributed by atoms with E-state index in [2.05, 4.69) is 5.10 Å². The van der Waals surface area contributed by atoms with Crippen LogP contribution >= 0.6 is 0 Å². The van der Waals surface area contributed by atoms with Crippen molar-refractivity contribution in [2.24, 2.45) is 7.05 Å². The van der Waals surface area contributed by atoms with Crippen LogP contribution in [0.5, 0.6) is 0 Å². The lowest BCUT2D eigenvalue weighted by Gasteiger charge is -2.19. The number of rotatable bonds is 3. The van der Waals surface area contributed by atoms with E-state index in [4.69, 9.17) is 4.74 Å². The summed E-state index contributed by atoms with van der Waals surface area (Å²) in [5.74, 6) is -0.382. The number of aryl methyl sites for hydroxylation is 1. The second kappa shape index (κ2) is 5.52. The second-order valence-corrected chi connectivity index (χ2v) is 5.24. The van der Waals surface area contributed by atoms with Gasteiger partial charge >= 0.3 is 5.97 Å². The van der Waals surface area contributed by atoms with E-state index in [1.54, 1.807) is 35.1 Å². The van der Waals surface area contributed by atoms with Crippen LogP contribution in [0.15, 0.2) is 42.6 Å². The van der Waals surface area contributed by atoms with E-state index in [1.807, 2.05) is 19.2 Å². The molecule has 2 atom stereocenters. The van der Waals surface area contributed by atoms with E-state index in [1.165, 1.54) is 0 Å². The molecule has 2 aromatic rings. The first kappa shape index (κ1) is 13.5. The van der Waals surface area contributed by atoms with Gasteiger partial charge in [0.1, 0.15) is 11.9 Å². The minimum Gasteiger partial charge on any atom is -0.458 e. The van der Waals surface area contributed by atoms with Gasteiger partial charge < -0.3 is 4.74 Å². The quantitative estimate of drug-likeness (QED) is 0.810. The summed E-state index contributed by atoms with van der Waals surface area (Å²) in [4.78, 5) is 23.9. The van der Waals surface area contributed by atoms with E-state index in [-0.39, 0.29) is 24.1 Å². The molecule has 1 heterocycles. The first-order chi connectivity index (χ1) is 10.1. The largest absolute Gasteiger partial charge is 0.458 e. The molecule has 5 heteroatoms. The highest BCUT2D eigenvalue weighted by atomic mass is 16.5. The van der Waals surface area contributed by atoms with E-state index >= 15 is 0 Å². The van der Waals surface area contributed by atoms with Gasteiger partial charge in [-0.2, -0.15) is 5.10 Å². The fourth-order valence-electron chi connectivity index (χ4n) is 2.77. The SMILES string of the molecule is Cn1nccc1C1CC(=O)CC1OC(=O)c1ccccc1. The highest BCUT2D eigenvalue weighted by Crippen LogP contribution is 2.34. The normalized spacial score (nSPS) is 21.5. The van der Waals surface area contributed by atoms with Crippen LogP contribution in [-0.4, -0.2) is 27.6 Å². The number of Topliss-reactive ketones (excluding diaryl/α,β-unsaturated/α-hetero) is 1. The first-order valence-electron chi connectivity index (χ1n) is 6.91. The molecule has 0 bridgehead atoms. The van der Waals surface area contributed by atoms with Gasteiger partial charge in [0.15, 0.2) is 0 Å². The van der Waals surface area contributed by atoms with Crippen LogP contribution in [0.4, 0.5) is 0 Å². The average molecular weight is 284 g/mol. The molecule has 3 rings (SSSR count). The van der Waals surface area contributed by atoms with Gasteiger partial charge in [0.05, 0.1) is 5.56 Å². The molecule has 1 fully saturated rings. The number of nitrogens with zero attached hydrogens (tertiary/aromatic N) is 2. The lowest BCUT2D eigenvalue weighted by Crippen LogP contribution is -2.22. The van der Waals surface area contributed by atoms with Gasteiger partial charge in [-0.15, -0.1) is 0 Å². The summed E-state index contributed by atoms with van der Waals surface area (Å²) in [6, 6.07) is 10.7. The number of ketones is 1. The zero-order valence-corrected chi connectivity index (χ0v) is 11.7. The Morgan fingerprint density at radius 3 is 2.67 bits per heavy atom. The standard InChI is InChI=1S/C16H16N2O3/c1-18-14(7-8-17-18)13-9-12(19)10-15(13)21-16(20)11-5-3-2-4-6-11/h2-8,13,15H,9-10H2,1H3. The fraction of sp³-hybridized carbons (Fsp3) is 0.312. The minimum absolute atomic E-state index is 0.113. The summed E-state index contributed by atoms with van der Waals surface area (Å²) in [7, 11) is 1.83. The van der Waals surface area contributed by atoms with Crippen molar-refractivity contribution in [3.63, 3.8) is 0 Å². The molecule has 1 aromatic carbocycles. The minimum atomic E-state index is -0.416. The molecule has 1 aliphatic carbocycles. The number of ether oxygens (including phenoxy) is 1. The van der Waals surface area contributed by atoms with Crippen LogP contribution in [0, 0.1) is 0 Å². The summed E-state index contributed by atoms with van der Waals surface area (Å²) in [5.41, 5.74) is 1.42. The molecule has 0 aliphatic heterocycles. The van der Waals surface area contributed by atoms with Gasteiger partial charge in [-0.25, -0.2) is 4.79 Å². The number of hydrogen-bond donors (Lipinski definition) is 0. The Labute approximate surface area is 122 Å². The van der Waals surface area contributed by atoms with Gasteiger partial charge in [-0.05, 0) is 18.2 Å².